The molecule has 2 aromatic heterocycles. The average molecular weight is 264 g/mol. The van der Waals surface area contributed by atoms with Crippen LogP contribution in [0.15, 0.2) is 16.9 Å². The van der Waals surface area contributed by atoms with Crippen LogP contribution in [0, 0.1) is 6.92 Å². The minimum absolute atomic E-state index is 0.364. The van der Waals surface area contributed by atoms with Crippen molar-refractivity contribution >= 4 is 11.3 Å². The van der Waals surface area contributed by atoms with Gasteiger partial charge in [0.15, 0.2) is 5.89 Å². The van der Waals surface area contributed by atoms with Crippen molar-refractivity contribution in [3.63, 3.8) is 0 Å². The maximum atomic E-state index is 5.43. The minimum Gasteiger partial charge on any atom is -0.448 e. The minimum atomic E-state index is 0.364. The molecule has 0 aliphatic heterocycles. The van der Waals surface area contributed by atoms with E-state index in [1.807, 2.05) is 24.5 Å². The molecule has 1 atom stereocenters. The molecule has 0 spiro atoms. The number of aromatic nitrogens is 2. The SMILES string of the molecule is Cc1coc(C(C)CCc2cnc(C(C)C)s2)n1. The summed E-state index contributed by atoms with van der Waals surface area (Å²) in [5.74, 6) is 1.74. The van der Waals surface area contributed by atoms with E-state index >= 15 is 0 Å². The Kier molecular flexibility index (Phi) is 4.17. The number of rotatable bonds is 5. The Labute approximate surface area is 112 Å². The quantitative estimate of drug-likeness (QED) is 0.808. The number of aryl methyl sites for hydroxylation is 2. The molecule has 0 aliphatic carbocycles. The van der Waals surface area contributed by atoms with E-state index in [0.29, 0.717) is 11.8 Å². The Hall–Kier alpha value is -1.16. The third-order valence-corrected chi connectivity index (χ3v) is 4.31. The lowest BCUT2D eigenvalue weighted by atomic mass is 10.1. The highest BCUT2D eigenvalue weighted by Gasteiger charge is 2.13. The van der Waals surface area contributed by atoms with Gasteiger partial charge in [-0.3, -0.25) is 0 Å². The van der Waals surface area contributed by atoms with Crippen molar-refractivity contribution in [1.82, 2.24) is 9.97 Å². The van der Waals surface area contributed by atoms with E-state index in [9.17, 15) is 0 Å². The fraction of sp³-hybridized carbons (Fsp3) is 0.571. The molecule has 4 heteroatoms. The van der Waals surface area contributed by atoms with Gasteiger partial charge in [0, 0.05) is 22.9 Å². The molecule has 1 unspecified atom stereocenters. The van der Waals surface area contributed by atoms with Gasteiger partial charge < -0.3 is 4.42 Å². The van der Waals surface area contributed by atoms with Gasteiger partial charge in [0.1, 0.15) is 6.26 Å². The zero-order chi connectivity index (χ0) is 13.1. The summed E-state index contributed by atoms with van der Waals surface area (Å²) in [6, 6.07) is 0. The first-order valence-corrected chi connectivity index (χ1v) is 7.24. The molecule has 0 amide bonds. The molecular weight excluding hydrogens is 244 g/mol. The third-order valence-electron chi connectivity index (χ3n) is 2.95. The van der Waals surface area contributed by atoms with Crippen LogP contribution in [0.2, 0.25) is 0 Å². The normalized spacial score (nSPS) is 13.2. The molecule has 98 valence electrons. The monoisotopic (exact) mass is 264 g/mol. The van der Waals surface area contributed by atoms with Gasteiger partial charge in [0.05, 0.1) is 10.7 Å². The number of oxazole rings is 1. The molecule has 2 heterocycles. The van der Waals surface area contributed by atoms with E-state index < -0.39 is 0 Å². The average Bonchev–Trinajstić information content (AvgIpc) is 2.94. The Balaban J connectivity index is 1.90. The number of hydrogen-bond donors (Lipinski definition) is 0. The van der Waals surface area contributed by atoms with Gasteiger partial charge in [-0.1, -0.05) is 20.8 Å². The zero-order valence-corrected chi connectivity index (χ0v) is 12.3. The molecule has 0 aromatic carbocycles. The van der Waals surface area contributed by atoms with Crippen LogP contribution in [0.1, 0.15) is 60.5 Å². The lowest BCUT2D eigenvalue weighted by molar-refractivity contribution is 0.446. The summed E-state index contributed by atoms with van der Waals surface area (Å²) in [5.41, 5.74) is 0.955. The van der Waals surface area contributed by atoms with Crippen LogP contribution >= 0.6 is 11.3 Å². The number of hydrogen-bond acceptors (Lipinski definition) is 4. The van der Waals surface area contributed by atoms with Crippen molar-refractivity contribution in [3.8, 4) is 0 Å². The molecular formula is C14H20N2OS. The molecule has 3 nitrogen and oxygen atoms in total. The summed E-state index contributed by atoms with van der Waals surface area (Å²) in [6.07, 6.45) is 5.83. The van der Waals surface area contributed by atoms with E-state index in [2.05, 4.69) is 30.7 Å². The Bertz CT molecular complexity index is 501. The van der Waals surface area contributed by atoms with Gasteiger partial charge in [0.2, 0.25) is 0 Å². The Morgan fingerprint density at radius 3 is 2.67 bits per heavy atom. The van der Waals surface area contributed by atoms with Crippen LogP contribution in [0.5, 0.6) is 0 Å². The van der Waals surface area contributed by atoms with E-state index in [4.69, 9.17) is 4.42 Å². The zero-order valence-electron chi connectivity index (χ0n) is 11.4. The number of thiazole rings is 1. The fourth-order valence-electron chi connectivity index (χ4n) is 1.79. The smallest absolute Gasteiger partial charge is 0.197 e. The molecule has 0 saturated carbocycles. The first-order valence-electron chi connectivity index (χ1n) is 6.43. The van der Waals surface area contributed by atoms with Crippen LogP contribution < -0.4 is 0 Å². The van der Waals surface area contributed by atoms with Gasteiger partial charge >= 0.3 is 0 Å². The molecule has 0 aliphatic rings. The van der Waals surface area contributed by atoms with Crippen molar-refractivity contribution in [2.45, 2.75) is 52.4 Å². The van der Waals surface area contributed by atoms with Crippen LogP contribution in [-0.4, -0.2) is 9.97 Å². The second kappa shape index (κ2) is 5.65. The fourth-order valence-corrected chi connectivity index (χ4v) is 2.72. The predicted molar refractivity (Wildman–Crippen MR) is 74.2 cm³/mol. The summed E-state index contributed by atoms with van der Waals surface area (Å²) in [4.78, 5) is 10.2. The molecule has 2 rings (SSSR count). The van der Waals surface area contributed by atoms with E-state index in [1.165, 1.54) is 9.88 Å². The van der Waals surface area contributed by atoms with Crippen LogP contribution in [0.3, 0.4) is 0 Å². The highest BCUT2D eigenvalue weighted by Crippen LogP contribution is 2.25. The summed E-state index contributed by atoms with van der Waals surface area (Å²) in [6.45, 7) is 8.48. The van der Waals surface area contributed by atoms with Crippen molar-refractivity contribution < 1.29 is 4.42 Å². The maximum absolute atomic E-state index is 5.43. The lowest BCUT2D eigenvalue weighted by Gasteiger charge is -2.05. The third kappa shape index (κ3) is 3.19. The van der Waals surface area contributed by atoms with Crippen molar-refractivity contribution in [1.29, 1.82) is 0 Å². The molecule has 18 heavy (non-hydrogen) atoms. The summed E-state index contributed by atoms with van der Waals surface area (Å²) < 4.78 is 5.43. The molecule has 0 radical (unpaired) electrons. The van der Waals surface area contributed by atoms with E-state index in [0.717, 1.165) is 24.4 Å². The van der Waals surface area contributed by atoms with E-state index in [-0.39, 0.29) is 0 Å². The second-order valence-corrected chi connectivity index (χ2v) is 6.23. The van der Waals surface area contributed by atoms with Crippen LogP contribution in [0.4, 0.5) is 0 Å². The second-order valence-electron chi connectivity index (χ2n) is 5.09. The largest absolute Gasteiger partial charge is 0.448 e. The highest BCUT2D eigenvalue weighted by atomic mass is 32.1. The molecule has 0 N–H and O–H groups in total. The summed E-state index contributed by atoms with van der Waals surface area (Å²) >= 11 is 1.82. The number of nitrogens with zero attached hydrogens (tertiary/aromatic N) is 2. The van der Waals surface area contributed by atoms with E-state index in [1.54, 1.807) is 6.26 Å². The van der Waals surface area contributed by atoms with Crippen LogP contribution in [0.25, 0.3) is 0 Å². The van der Waals surface area contributed by atoms with Gasteiger partial charge in [-0.15, -0.1) is 11.3 Å². The molecule has 0 bridgehead atoms. The van der Waals surface area contributed by atoms with Gasteiger partial charge in [-0.2, -0.15) is 0 Å². The maximum Gasteiger partial charge on any atom is 0.197 e. The first kappa shape index (κ1) is 13.3. The van der Waals surface area contributed by atoms with Crippen LogP contribution in [-0.2, 0) is 6.42 Å². The Morgan fingerprint density at radius 2 is 2.11 bits per heavy atom. The molecule has 0 saturated heterocycles. The predicted octanol–water partition coefficient (Wildman–Crippen LogP) is 4.30. The first-order chi connectivity index (χ1) is 8.56. The van der Waals surface area contributed by atoms with Gasteiger partial charge in [0.25, 0.3) is 0 Å². The standard InChI is InChI=1S/C14H20N2OS/c1-9(2)14-15-7-12(18-14)6-5-10(3)13-16-11(4)8-17-13/h7-10H,5-6H2,1-4H3. The summed E-state index contributed by atoms with van der Waals surface area (Å²) in [5, 5.41) is 1.23. The Morgan fingerprint density at radius 1 is 1.33 bits per heavy atom. The van der Waals surface area contributed by atoms with Crippen molar-refractivity contribution in [2.75, 3.05) is 0 Å². The molecule has 2 aromatic rings. The lowest BCUT2D eigenvalue weighted by Crippen LogP contribution is -1.96. The molecule has 0 fully saturated rings. The highest BCUT2D eigenvalue weighted by molar-refractivity contribution is 7.11. The summed E-state index contributed by atoms with van der Waals surface area (Å²) in [7, 11) is 0. The van der Waals surface area contributed by atoms with Crippen molar-refractivity contribution in [3.05, 3.63) is 33.9 Å². The van der Waals surface area contributed by atoms with Crippen molar-refractivity contribution in [2.24, 2.45) is 0 Å². The van der Waals surface area contributed by atoms with Gasteiger partial charge in [-0.25, -0.2) is 9.97 Å². The topological polar surface area (TPSA) is 38.9 Å². The van der Waals surface area contributed by atoms with Gasteiger partial charge in [-0.05, 0) is 19.8 Å².